The summed E-state index contributed by atoms with van der Waals surface area (Å²) in [5, 5.41) is 4.24. The molecular formula is C15H28N4. The Bertz CT molecular complexity index is 377. The highest BCUT2D eigenvalue weighted by Crippen LogP contribution is 2.34. The smallest absolute Gasteiger partial charge is 0.138 e. The zero-order valence-electron chi connectivity index (χ0n) is 12.4. The first-order valence-corrected chi connectivity index (χ1v) is 7.82. The summed E-state index contributed by atoms with van der Waals surface area (Å²) in [6.45, 7) is 5.25. The van der Waals surface area contributed by atoms with E-state index in [1.165, 1.54) is 32.1 Å². The summed E-state index contributed by atoms with van der Waals surface area (Å²) in [6.07, 6.45) is 11.4. The molecule has 1 aromatic heterocycles. The van der Waals surface area contributed by atoms with Crippen molar-refractivity contribution < 1.29 is 0 Å². The van der Waals surface area contributed by atoms with Gasteiger partial charge < -0.3 is 5.73 Å². The van der Waals surface area contributed by atoms with Crippen molar-refractivity contribution in [2.24, 2.45) is 11.7 Å². The van der Waals surface area contributed by atoms with Gasteiger partial charge in [0.15, 0.2) is 0 Å². The van der Waals surface area contributed by atoms with Gasteiger partial charge in [-0.25, -0.2) is 4.98 Å². The number of aromatic nitrogens is 3. The maximum Gasteiger partial charge on any atom is 0.138 e. The predicted molar refractivity (Wildman–Crippen MR) is 77.8 cm³/mol. The fourth-order valence-electron chi connectivity index (χ4n) is 3.21. The van der Waals surface area contributed by atoms with Gasteiger partial charge in [0.1, 0.15) is 12.2 Å². The number of hydrogen-bond donors (Lipinski definition) is 1. The first kappa shape index (κ1) is 14.5. The molecule has 2 rings (SSSR count). The monoisotopic (exact) mass is 264 g/mol. The highest BCUT2D eigenvalue weighted by Gasteiger charge is 2.32. The predicted octanol–water partition coefficient (Wildman–Crippen LogP) is 2.92. The lowest BCUT2D eigenvalue weighted by Gasteiger charge is -2.37. The van der Waals surface area contributed by atoms with Crippen LogP contribution in [0.2, 0.25) is 0 Å². The van der Waals surface area contributed by atoms with E-state index in [9.17, 15) is 0 Å². The molecule has 0 aliphatic heterocycles. The second kappa shape index (κ2) is 6.51. The van der Waals surface area contributed by atoms with Crippen LogP contribution < -0.4 is 5.73 Å². The van der Waals surface area contributed by atoms with Gasteiger partial charge in [0.2, 0.25) is 0 Å². The van der Waals surface area contributed by atoms with E-state index >= 15 is 0 Å². The Kier molecular flexibility index (Phi) is 4.97. The van der Waals surface area contributed by atoms with Crippen LogP contribution in [0.5, 0.6) is 0 Å². The molecule has 2 N–H and O–H groups in total. The minimum Gasteiger partial charge on any atom is -0.325 e. The molecule has 4 heteroatoms. The van der Waals surface area contributed by atoms with Gasteiger partial charge in [-0.05, 0) is 38.5 Å². The number of nitrogens with two attached hydrogens (primary N) is 1. The van der Waals surface area contributed by atoms with Crippen molar-refractivity contribution in [1.82, 2.24) is 14.8 Å². The third-order valence-electron chi connectivity index (χ3n) is 4.57. The third kappa shape index (κ3) is 3.78. The van der Waals surface area contributed by atoms with Crippen LogP contribution in [0.25, 0.3) is 0 Å². The molecule has 0 saturated heterocycles. The lowest BCUT2D eigenvalue weighted by atomic mass is 9.74. The lowest BCUT2D eigenvalue weighted by Crippen LogP contribution is -2.46. The molecule has 0 aromatic carbocycles. The zero-order chi connectivity index (χ0) is 13.7. The normalized spacial score (nSPS) is 27.6. The summed E-state index contributed by atoms with van der Waals surface area (Å²) in [5.41, 5.74) is 6.53. The molecule has 1 fully saturated rings. The van der Waals surface area contributed by atoms with E-state index in [4.69, 9.17) is 5.73 Å². The Labute approximate surface area is 116 Å². The molecule has 19 heavy (non-hydrogen) atoms. The largest absolute Gasteiger partial charge is 0.325 e. The minimum absolute atomic E-state index is 0.0529. The van der Waals surface area contributed by atoms with E-state index in [0.29, 0.717) is 0 Å². The van der Waals surface area contributed by atoms with Crippen LogP contribution in [0.15, 0.2) is 6.33 Å². The highest BCUT2D eigenvalue weighted by atomic mass is 15.3. The third-order valence-corrected chi connectivity index (χ3v) is 4.57. The van der Waals surface area contributed by atoms with E-state index in [2.05, 4.69) is 23.9 Å². The van der Waals surface area contributed by atoms with Crippen molar-refractivity contribution in [3.05, 3.63) is 12.2 Å². The summed E-state index contributed by atoms with van der Waals surface area (Å²) in [7, 11) is 0. The molecule has 4 nitrogen and oxygen atoms in total. The summed E-state index contributed by atoms with van der Waals surface area (Å²) < 4.78 is 1.97. The topological polar surface area (TPSA) is 56.7 Å². The maximum absolute atomic E-state index is 6.58. The van der Waals surface area contributed by atoms with Crippen LogP contribution in [-0.2, 0) is 13.0 Å². The van der Waals surface area contributed by atoms with E-state index in [1.807, 2.05) is 4.68 Å². The summed E-state index contributed by atoms with van der Waals surface area (Å²) in [6, 6.07) is 0. The van der Waals surface area contributed by atoms with Crippen LogP contribution in [0.4, 0.5) is 0 Å². The maximum atomic E-state index is 6.58. The standard InChI is InChI=1S/C15H28N4/c1-3-5-6-13-7-9-15(16,10-8-13)11-14-17-12-18-19(14)4-2/h12-13H,3-11,16H2,1-2H3. The molecule has 1 saturated carbocycles. The quantitative estimate of drug-likeness (QED) is 0.859. The van der Waals surface area contributed by atoms with Crippen LogP contribution >= 0.6 is 0 Å². The zero-order valence-corrected chi connectivity index (χ0v) is 12.4. The van der Waals surface area contributed by atoms with E-state index < -0.39 is 0 Å². The van der Waals surface area contributed by atoms with Crippen LogP contribution in [0, 0.1) is 5.92 Å². The van der Waals surface area contributed by atoms with Gasteiger partial charge in [-0.3, -0.25) is 4.68 Å². The van der Waals surface area contributed by atoms with Crippen molar-refractivity contribution >= 4 is 0 Å². The Balaban J connectivity index is 1.88. The molecular weight excluding hydrogens is 236 g/mol. The fourth-order valence-corrected chi connectivity index (χ4v) is 3.21. The summed E-state index contributed by atoms with van der Waals surface area (Å²) in [4.78, 5) is 4.37. The average Bonchev–Trinajstić information content (AvgIpc) is 2.85. The minimum atomic E-state index is -0.0529. The van der Waals surface area contributed by atoms with Crippen molar-refractivity contribution in [1.29, 1.82) is 0 Å². The van der Waals surface area contributed by atoms with Crippen LogP contribution in [0.1, 0.15) is 64.6 Å². The molecule has 1 heterocycles. The van der Waals surface area contributed by atoms with E-state index in [-0.39, 0.29) is 5.54 Å². The van der Waals surface area contributed by atoms with Gasteiger partial charge in [0.05, 0.1) is 0 Å². The van der Waals surface area contributed by atoms with Gasteiger partial charge >= 0.3 is 0 Å². The highest BCUT2D eigenvalue weighted by molar-refractivity contribution is 4.99. The van der Waals surface area contributed by atoms with Crippen molar-refractivity contribution in [2.45, 2.75) is 77.3 Å². The second-order valence-electron chi connectivity index (χ2n) is 6.12. The van der Waals surface area contributed by atoms with E-state index in [1.54, 1.807) is 6.33 Å². The Morgan fingerprint density at radius 2 is 2.11 bits per heavy atom. The molecule has 1 aromatic rings. The first-order chi connectivity index (χ1) is 9.17. The van der Waals surface area contributed by atoms with E-state index in [0.717, 1.165) is 37.5 Å². The molecule has 0 amide bonds. The molecule has 0 atom stereocenters. The Morgan fingerprint density at radius 1 is 1.37 bits per heavy atom. The number of unbranched alkanes of at least 4 members (excludes halogenated alkanes) is 1. The van der Waals surface area contributed by atoms with Crippen LogP contribution in [-0.4, -0.2) is 20.3 Å². The van der Waals surface area contributed by atoms with Gasteiger partial charge in [-0.15, -0.1) is 0 Å². The molecule has 108 valence electrons. The summed E-state index contributed by atoms with van der Waals surface area (Å²) >= 11 is 0. The average molecular weight is 264 g/mol. The number of nitrogens with zero attached hydrogens (tertiary/aromatic N) is 3. The van der Waals surface area contributed by atoms with Crippen molar-refractivity contribution in [3.8, 4) is 0 Å². The van der Waals surface area contributed by atoms with Gasteiger partial charge in [0.25, 0.3) is 0 Å². The van der Waals surface area contributed by atoms with Gasteiger partial charge in [0, 0.05) is 18.5 Å². The first-order valence-electron chi connectivity index (χ1n) is 7.82. The number of rotatable bonds is 6. The van der Waals surface area contributed by atoms with Crippen molar-refractivity contribution in [3.63, 3.8) is 0 Å². The lowest BCUT2D eigenvalue weighted by molar-refractivity contribution is 0.217. The van der Waals surface area contributed by atoms with Crippen molar-refractivity contribution in [2.75, 3.05) is 0 Å². The molecule has 1 aliphatic carbocycles. The summed E-state index contributed by atoms with van der Waals surface area (Å²) in [5.74, 6) is 1.96. The number of hydrogen-bond acceptors (Lipinski definition) is 3. The van der Waals surface area contributed by atoms with Crippen LogP contribution in [0.3, 0.4) is 0 Å². The number of aryl methyl sites for hydroxylation is 1. The molecule has 0 spiro atoms. The SMILES string of the molecule is CCCCC1CCC(N)(Cc2ncnn2CC)CC1. The van der Waals surface area contributed by atoms with Gasteiger partial charge in [-0.2, -0.15) is 5.10 Å². The Hall–Kier alpha value is -0.900. The second-order valence-corrected chi connectivity index (χ2v) is 6.12. The molecule has 0 bridgehead atoms. The molecule has 1 aliphatic rings. The Morgan fingerprint density at radius 3 is 2.74 bits per heavy atom. The molecule has 0 radical (unpaired) electrons. The van der Waals surface area contributed by atoms with Gasteiger partial charge in [-0.1, -0.05) is 26.2 Å². The fraction of sp³-hybridized carbons (Fsp3) is 0.867. The molecule has 0 unspecified atom stereocenters.